The maximum Gasteiger partial charge on any atom is 0.0948 e. The average molecular weight is 157 g/mol. The highest BCUT2D eigenvalue weighted by Gasteiger charge is 2.28. The first-order valence-electron chi connectivity index (χ1n) is 4.35. The maximum absolute atomic E-state index is 9.33. The van der Waals surface area contributed by atoms with Gasteiger partial charge in [-0.3, -0.25) is 0 Å². The van der Waals surface area contributed by atoms with Crippen LogP contribution in [0.15, 0.2) is 0 Å². The summed E-state index contributed by atoms with van der Waals surface area (Å²) in [6, 6.07) is 0.190. The van der Waals surface area contributed by atoms with Crippen LogP contribution < -0.4 is 5.32 Å². The molecule has 0 bridgehead atoms. The van der Waals surface area contributed by atoms with Gasteiger partial charge in [0.15, 0.2) is 0 Å². The van der Waals surface area contributed by atoms with E-state index >= 15 is 0 Å². The number of ether oxygens (including phenoxy) is 1. The number of rotatable bonds is 3. The largest absolute Gasteiger partial charge is 0.389 e. The van der Waals surface area contributed by atoms with Crippen LogP contribution in [0.2, 0.25) is 0 Å². The van der Waals surface area contributed by atoms with Gasteiger partial charge in [0.05, 0.1) is 25.4 Å². The highest BCUT2D eigenvalue weighted by Crippen LogP contribution is 2.27. The van der Waals surface area contributed by atoms with E-state index in [-0.39, 0.29) is 12.1 Å². The Morgan fingerprint density at radius 2 is 2.18 bits per heavy atom. The zero-order chi connectivity index (χ0) is 7.68. The van der Waals surface area contributed by atoms with Gasteiger partial charge < -0.3 is 15.2 Å². The molecule has 2 rings (SSSR count). The molecule has 2 aliphatic rings. The summed E-state index contributed by atoms with van der Waals surface area (Å²) in [5.74, 6) is 0.878. The van der Waals surface area contributed by atoms with Gasteiger partial charge in [0, 0.05) is 0 Å². The summed E-state index contributed by atoms with van der Waals surface area (Å²) in [5.41, 5.74) is 0. The molecule has 3 heteroatoms. The number of nitrogens with one attached hydrogen (secondary N) is 1. The first-order chi connectivity index (χ1) is 5.36. The average Bonchev–Trinajstić information content (AvgIpc) is 2.73. The fourth-order valence-electron chi connectivity index (χ4n) is 1.38. The van der Waals surface area contributed by atoms with Crippen molar-refractivity contribution in [1.82, 2.24) is 5.32 Å². The predicted molar refractivity (Wildman–Crippen MR) is 41.3 cm³/mol. The van der Waals surface area contributed by atoms with Gasteiger partial charge in [0.25, 0.3) is 0 Å². The molecule has 1 saturated heterocycles. The lowest BCUT2D eigenvalue weighted by Gasteiger charge is -2.13. The number of aliphatic hydroxyl groups excluding tert-OH is 1. The summed E-state index contributed by atoms with van der Waals surface area (Å²) in [6.07, 6.45) is 2.43. The van der Waals surface area contributed by atoms with E-state index in [4.69, 9.17) is 4.74 Å². The first-order valence-corrected chi connectivity index (χ1v) is 4.35. The predicted octanol–water partition coefficient (Wildman–Crippen LogP) is -0.254. The second-order valence-electron chi connectivity index (χ2n) is 3.56. The Kier molecular flexibility index (Phi) is 2.11. The minimum Gasteiger partial charge on any atom is -0.389 e. The van der Waals surface area contributed by atoms with Crippen LogP contribution in [-0.2, 0) is 4.74 Å². The van der Waals surface area contributed by atoms with Crippen LogP contribution in [0.5, 0.6) is 0 Å². The van der Waals surface area contributed by atoms with Gasteiger partial charge in [-0.25, -0.2) is 0 Å². The fraction of sp³-hybridized carbons (Fsp3) is 1.00. The van der Waals surface area contributed by atoms with E-state index in [2.05, 4.69) is 5.32 Å². The van der Waals surface area contributed by atoms with Crippen LogP contribution in [-0.4, -0.2) is 37.0 Å². The Morgan fingerprint density at radius 1 is 1.36 bits per heavy atom. The number of hydrogen-bond donors (Lipinski definition) is 2. The minimum atomic E-state index is -0.284. The quantitative estimate of drug-likeness (QED) is 0.593. The van der Waals surface area contributed by atoms with Crippen LogP contribution >= 0.6 is 0 Å². The molecule has 1 aliphatic heterocycles. The molecule has 64 valence electrons. The van der Waals surface area contributed by atoms with Crippen LogP contribution in [0.25, 0.3) is 0 Å². The zero-order valence-electron chi connectivity index (χ0n) is 6.62. The normalized spacial score (nSPS) is 37.9. The van der Waals surface area contributed by atoms with Gasteiger partial charge in [-0.1, -0.05) is 0 Å². The molecule has 2 fully saturated rings. The lowest BCUT2D eigenvalue weighted by molar-refractivity contribution is 0.122. The summed E-state index contributed by atoms with van der Waals surface area (Å²) in [5, 5.41) is 12.7. The van der Waals surface area contributed by atoms with Gasteiger partial charge >= 0.3 is 0 Å². The molecule has 0 unspecified atom stereocenters. The monoisotopic (exact) mass is 157 g/mol. The van der Waals surface area contributed by atoms with E-state index in [1.807, 2.05) is 0 Å². The van der Waals surface area contributed by atoms with Crippen LogP contribution in [0.1, 0.15) is 12.8 Å². The van der Waals surface area contributed by atoms with E-state index in [9.17, 15) is 5.11 Å². The third-order valence-corrected chi connectivity index (χ3v) is 2.42. The van der Waals surface area contributed by atoms with Gasteiger partial charge in [0.1, 0.15) is 0 Å². The number of hydrogen-bond acceptors (Lipinski definition) is 3. The number of aliphatic hydroxyl groups is 1. The Labute approximate surface area is 66.7 Å². The lowest BCUT2D eigenvalue weighted by Crippen LogP contribution is -2.39. The fourth-order valence-corrected chi connectivity index (χ4v) is 1.38. The highest BCUT2D eigenvalue weighted by atomic mass is 16.5. The molecule has 0 aromatic heterocycles. The topological polar surface area (TPSA) is 41.5 Å². The van der Waals surface area contributed by atoms with Crippen molar-refractivity contribution < 1.29 is 9.84 Å². The van der Waals surface area contributed by atoms with E-state index in [0.29, 0.717) is 13.2 Å². The molecule has 11 heavy (non-hydrogen) atoms. The third kappa shape index (κ3) is 1.92. The maximum atomic E-state index is 9.33. The van der Waals surface area contributed by atoms with Crippen molar-refractivity contribution in [2.75, 3.05) is 19.8 Å². The van der Waals surface area contributed by atoms with E-state index in [1.165, 1.54) is 12.8 Å². The molecule has 0 aromatic carbocycles. The van der Waals surface area contributed by atoms with Gasteiger partial charge in [-0.2, -0.15) is 0 Å². The summed E-state index contributed by atoms with van der Waals surface area (Å²) in [6.45, 7) is 2.24. The molecule has 1 heterocycles. The van der Waals surface area contributed by atoms with Crippen molar-refractivity contribution >= 4 is 0 Å². The Bertz CT molecular complexity index is 136. The molecule has 1 aliphatic carbocycles. The van der Waals surface area contributed by atoms with Crippen molar-refractivity contribution in [3.05, 3.63) is 0 Å². The zero-order valence-corrected chi connectivity index (χ0v) is 6.62. The summed E-state index contributed by atoms with van der Waals surface area (Å²) in [7, 11) is 0. The van der Waals surface area contributed by atoms with Crippen molar-refractivity contribution in [1.29, 1.82) is 0 Å². The Morgan fingerprint density at radius 3 is 2.73 bits per heavy atom. The van der Waals surface area contributed by atoms with Crippen molar-refractivity contribution in [2.24, 2.45) is 5.92 Å². The Balaban J connectivity index is 1.67. The summed E-state index contributed by atoms with van der Waals surface area (Å²) in [4.78, 5) is 0. The summed E-state index contributed by atoms with van der Waals surface area (Å²) < 4.78 is 5.11. The van der Waals surface area contributed by atoms with Gasteiger partial charge in [-0.15, -0.1) is 0 Å². The first kappa shape index (κ1) is 7.53. The second kappa shape index (κ2) is 3.09. The van der Waals surface area contributed by atoms with Crippen molar-refractivity contribution in [3.8, 4) is 0 Å². The molecule has 3 nitrogen and oxygen atoms in total. The van der Waals surface area contributed by atoms with Gasteiger partial charge in [-0.05, 0) is 25.3 Å². The van der Waals surface area contributed by atoms with Crippen LogP contribution in [0.3, 0.4) is 0 Å². The van der Waals surface area contributed by atoms with Crippen LogP contribution in [0.4, 0.5) is 0 Å². The van der Waals surface area contributed by atoms with E-state index < -0.39 is 0 Å². The van der Waals surface area contributed by atoms with Gasteiger partial charge in [0.2, 0.25) is 0 Å². The van der Waals surface area contributed by atoms with Crippen molar-refractivity contribution in [2.45, 2.75) is 25.0 Å². The smallest absolute Gasteiger partial charge is 0.0948 e. The Hall–Kier alpha value is -0.120. The molecular formula is C8H15NO2. The molecule has 2 atom stereocenters. The van der Waals surface area contributed by atoms with E-state index in [1.54, 1.807) is 0 Å². The summed E-state index contributed by atoms with van der Waals surface area (Å²) >= 11 is 0. The molecule has 0 aromatic rings. The minimum absolute atomic E-state index is 0.190. The highest BCUT2D eigenvalue weighted by molar-refractivity contribution is 4.84. The molecule has 0 amide bonds. The standard InChI is InChI=1S/C8H15NO2/c10-8-5-11-4-7(8)9-3-6-1-2-6/h6-10H,1-5H2/t7-,8+/m0/s1. The molecular weight excluding hydrogens is 142 g/mol. The lowest BCUT2D eigenvalue weighted by atomic mass is 10.2. The van der Waals surface area contributed by atoms with Crippen LogP contribution in [0, 0.1) is 5.92 Å². The molecule has 2 N–H and O–H groups in total. The molecule has 0 radical (unpaired) electrons. The molecule has 1 saturated carbocycles. The van der Waals surface area contributed by atoms with Crippen molar-refractivity contribution in [3.63, 3.8) is 0 Å². The second-order valence-corrected chi connectivity index (χ2v) is 3.56. The SMILES string of the molecule is O[C@@H]1COC[C@@H]1NCC1CC1. The third-order valence-electron chi connectivity index (χ3n) is 2.42. The molecule has 0 spiro atoms. The van der Waals surface area contributed by atoms with E-state index in [0.717, 1.165) is 12.5 Å².